The van der Waals surface area contributed by atoms with Crippen molar-refractivity contribution in [2.75, 3.05) is 11.9 Å². The third kappa shape index (κ3) is 4.11. The van der Waals surface area contributed by atoms with Crippen molar-refractivity contribution >= 4 is 11.7 Å². The van der Waals surface area contributed by atoms with Crippen molar-refractivity contribution in [1.82, 2.24) is 9.88 Å². The van der Waals surface area contributed by atoms with Crippen molar-refractivity contribution < 1.29 is 18.7 Å². The lowest BCUT2D eigenvalue weighted by Crippen LogP contribution is -2.39. The highest BCUT2D eigenvalue weighted by Crippen LogP contribution is 2.28. The second kappa shape index (κ2) is 7.57. The van der Waals surface area contributed by atoms with Crippen molar-refractivity contribution in [1.29, 1.82) is 0 Å². The van der Waals surface area contributed by atoms with Crippen molar-refractivity contribution in [2.24, 2.45) is 0 Å². The van der Waals surface area contributed by atoms with Gasteiger partial charge in [0.15, 0.2) is 5.82 Å². The first-order valence-corrected chi connectivity index (χ1v) is 8.15. The summed E-state index contributed by atoms with van der Waals surface area (Å²) < 4.78 is 26.6. The number of nitrogens with one attached hydrogen (secondary N) is 1. The topological polar surface area (TPSA) is 65.5 Å². The third-order valence-electron chi connectivity index (χ3n) is 4.40. The van der Waals surface area contributed by atoms with Crippen LogP contribution in [0.2, 0.25) is 0 Å². The molecule has 1 saturated heterocycles. The van der Waals surface area contributed by atoms with Crippen molar-refractivity contribution in [2.45, 2.75) is 31.4 Å². The van der Waals surface area contributed by atoms with Crippen LogP contribution in [0.4, 0.5) is 19.3 Å². The molecule has 2 heterocycles. The van der Waals surface area contributed by atoms with Crippen LogP contribution >= 0.6 is 0 Å². The molecule has 1 aromatic heterocycles. The van der Waals surface area contributed by atoms with Crippen LogP contribution in [0, 0.1) is 11.6 Å². The maximum atomic E-state index is 13.6. The summed E-state index contributed by atoms with van der Waals surface area (Å²) in [5.41, 5.74) is 0.679. The molecule has 1 aromatic carbocycles. The van der Waals surface area contributed by atoms with Crippen molar-refractivity contribution in [3.05, 3.63) is 59.9 Å². The second-order valence-electron chi connectivity index (χ2n) is 6.08. The summed E-state index contributed by atoms with van der Waals surface area (Å²) in [6.07, 6.45) is 3.56. The van der Waals surface area contributed by atoms with Gasteiger partial charge in [0.2, 0.25) is 0 Å². The molecule has 132 valence electrons. The van der Waals surface area contributed by atoms with Crippen LogP contribution in [-0.4, -0.2) is 33.6 Å². The molecule has 7 heteroatoms. The SMILES string of the molecule is O=C(Nc1ccncc1F)N1CCC[C@@H]1C[C@H](O)c1ccc(F)cc1. The number of rotatable bonds is 4. The molecule has 0 saturated carbocycles. The maximum Gasteiger partial charge on any atom is 0.322 e. The lowest BCUT2D eigenvalue weighted by Gasteiger charge is -2.27. The Morgan fingerprint density at radius 2 is 2.08 bits per heavy atom. The van der Waals surface area contributed by atoms with Crippen LogP contribution in [-0.2, 0) is 0 Å². The summed E-state index contributed by atoms with van der Waals surface area (Å²) in [6.45, 7) is 0.541. The number of urea groups is 1. The zero-order valence-corrected chi connectivity index (χ0v) is 13.5. The van der Waals surface area contributed by atoms with Gasteiger partial charge in [0.25, 0.3) is 0 Å². The molecule has 0 aliphatic carbocycles. The zero-order valence-electron chi connectivity index (χ0n) is 13.5. The summed E-state index contributed by atoms with van der Waals surface area (Å²) in [5, 5.41) is 12.9. The Morgan fingerprint density at radius 3 is 2.80 bits per heavy atom. The van der Waals surface area contributed by atoms with E-state index < -0.39 is 18.0 Å². The van der Waals surface area contributed by atoms with Crippen LogP contribution in [0.3, 0.4) is 0 Å². The highest BCUT2D eigenvalue weighted by molar-refractivity contribution is 5.89. The highest BCUT2D eigenvalue weighted by Gasteiger charge is 2.31. The highest BCUT2D eigenvalue weighted by atomic mass is 19.1. The smallest absolute Gasteiger partial charge is 0.322 e. The number of carbonyl (C=O) groups excluding carboxylic acids is 1. The van der Waals surface area contributed by atoms with Crippen LogP contribution in [0.5, 0.6) is 0 Å². The van der Waals surface area contributed by atoms with Gasteiger partial charge in [-0.15, -0.1) is 0 Å². The van der Waals surface area contributed by atoms with Gasteiger partial charge < -0.3 is 15.3 Å². The molecule has 0 unspecified atom stereocenters. The largest absolute Gasteiger partial charge is 0.388 e. The van der Waals surface area contributed by atoms with Crippen LogP contribution < -0.4 is 5.32 Å². The minimum Gasteiger partial charge on any atom is -0.388 e. The first kappa shape index (κ1) is 17.3. The van der Waals surface area contributed by atoms with Gasteiger partial charge in [-0.25, -0.2) is 13.6 Å². The van der Waals surface area contributed by atoms with Gasteiger partial charge in [-0.2, -0.15) is 0 Å². The van der Waals surface area contributed by atoms with Gasteiger partial charge in [-0.05, 0) is 43.0 Å². The molecular weight excluding hydrogens is 328 g/mol. The van der Waals surface area contributed by atoms with Crippen LogP contribution in [0.25, 0.3) is 0 Å². The fourth-order valence-electron chi connectivity index (χ4n) is 3.09. The molecule has 0 bridgehead atoms. The van der Waals surface area contributed by atoms with Gasteiger partial charge in [0, 0.05) is 18.8 Å². The predicted molar refractivity (Wildman–Crippen MR) is 88.9 cm³/mol. The number of hydrogen-bond donors (Lipinski definition) is 2. The van der Waals surface area contributed by atoms with E-state index in [2.05, 4.69) is 10.3 Å². The Bertz CT molecular complexity index is 739. The molecule has 0 spiro atoms. The fraction of sp³-hybridized carbons (Fsp3) is 0.333. The van der Waals surface area contributed by atoms with E-state index in [0.717, 1.165) is 19.0 Å². The summed E-state index contributed by atoms with van der Waals surface area (Å²) in [5.74, 6) is -0.963. The number of carbonyl (C=O) groups is 1. The summed E-state index contributed by atoms with van der Waals surface area (Å²) in [7, 11) is 0. The molecule has 5 nitrogen and oxygen atoms in total. The summed E-state index contributed by atoms with van der Waals surface area (Å²) in [4.78, 5) is 17.7. The zero-order chi connectivity index (χ0) is 17.8. The molecule has 1 fully saturated rings. The second-order valence-corrected chi connectivity index (χ2v) is 6.08. The standard InChI is InChI=1S/C18H19F2N3O2/c19-13-5-3-12(4-6-13)17(24)10-14-2-1-9-23(14)18(25)22-16-7-8-21-11-15(16)20/h3-8,11,14,17,24H,1-2,9-10H2,(H,21,22,25)/t14-,17+/m1/s1. The van der Waals surface area contributed by atoms with E-state index in [1.807, 2.05) is 0 Å². The summed E-state index contributed by atoms with van der Waals surface area (Å²) in [6, 6.07) is 6.49. The molecule has 25 heavy (non-hydrogen) atoms. The average Bonchev–Trinajstić information content (AvgIpc) is 3.05. The number of hydrogen-bond acceptors (Lipinski definition) is 3. The van der Waals surface area contributed by atoms with Gasteiger partial charge in [-0.1, -0.05) is 12.1 Å². The van der Waals surface area contributed by atoms with Gasteiger partial charge >= 0.3 is 6.03 Å². The minimum atomic E-state index is -0.795. The Hall–Kier alpha value is -2.54. The minimum absolute atomic E-state index is 0.0738. The number of aliphatic hydroxyl groups excluding tert-OH is 1. The average molecular weight is 347 g/mol. The Morgan fingerprint density at radius 1 is 1.32 bits per heavy atom. The van der Waals surface area contributed by atoms with E-state index in [1.54, 1.807) is 4.90 Å². The van der Waals surface area contributed by atoms with Crippen LogP contribution in [0.1, 0.15) is 30.9 Å². The van der Waals surface area contributed by atoms with Crippen molar-refractivity contribution in [3.8, 4) is 0 Å². The first-order valence-electron chi connectivity index (χ1n) is 8.15. The Labute approximate surface area is 144 Å². The number of amides is 2. The number of anilines is 1. The quantitative estimate of drug-likeness (QED) is 0.890. The number of nitrogens with zero attached hydrogens (tertiary/aromatic N) is 2. The van der Waals surface area contributed by atoms with Crippen LogP contribution in [0.15, 0.2) is 42.7 Å². The molecule has 0 radical (unpaired) electrons. The molecule has 2 atom stereocenters. The van der Waals surface area contributed by atoms with E-state index in [0.29, 0.717) is 18.5 Å². The number of benzene rings is 1. The van der Waals surface area contributed by atoms with Gasteiger partial charge in [-0.3, -0.25) is 4.98 Å². The van der Waals surface area contributed by atoms with E-state index in [4.69, 9.17) is 0 Å². The number of likely N-dealkylation sites (tertiary alicyclic amines) is 1. The number of pyridine rings is 1. The predicted octanol–water partition coefficient (Wildman–Crippen LogP) is 3.48. The molecule has 1 aliphatic rings. The Balaban J connectivity index is 1.64. The molecule has 2 N–H and O–H groups in total. The maximum absolute atomic E-state index is 13.6. The van der Waals surface area contributed by atoms with Gasteiger partial charge in [0.05, 0.1) is 18.0 Å². The van der Waals surface area contributed by atoms with Crippen molar-refractivity contribution in [3.63, 3.8) is 0 Å². The third-order valence-corrected chi connectivity index (χ3v) is 4.40. The fourth-order valence-corrected chi connectivity index (χ4v) is 3.09. The summed E-state index contributed by atoms with van der Waals surface area (Å²) >= 11 is 0. The number of aromatic nitrogens is 1. The molecular formula is C18H19F2N3O2. The lowest BCUT2D eigenvalue weighted by atomic mass is 10.0. The number of aliphatic hydroxyl groups is 1. The normalized spacial score (nSPS) is 18.2. The van der Waals surface area contributed by atoms with E-state index in [-0.39, 0.29) is 17.5 Å². The molecule has 2 amide bonds. The lowest BCUT2D eigenvalue weighted by molar-refractivity contribution is 0.129. The molecule has 1 aliphatic heterocycles. The van der Waals surface area contributed by atoms with E-state index in [1.165, 1.54) is 36.5 Å². The van der Waals surface area contributed by atoms with E-state index >= 15 is 0 Å². The molecule has 2 aromatic rings. The first-order chi connectivity index (χ1) is 12.0. The molecule has 3 rings (SSSR count). The van der Waals surface area contributed by atoms with Gasteiger partial charge in [0.1, 0.15) is 5.82 Å². The number of halogens is 2. The Kier molecular flexibility index (Phi) is 5.23. The van der Waals surface area contributed by atoms with E-state index in [9.17, 15) is 18.7 Å². The monoisotopic (exact) mass is 347 g/mol.